The molecule has 0 spiro atoms. The molecule has 0 aromatic heterocycles. The van der Waals surface area contributed by atoms with Crippen LogP contribution in [0.2, 0.25) is 0 Å². The number of hydrogen-bond donors (Lipinski definition) is 3. The van der Waals surface area contributed by atoms with E-state index in [2.05, 4.69) is 15.4 Å². The van der Waals surface area contributed by atoms with Crippen molar-refractivity contribution in [3.05, 3.63) is 103 Å². The van der Waals surface area contributed by atoms with Gasteiger partial charge < -0.3 is 15.4 Å². The Morgan fingerprint density at radius 1 is 0.744 bits per heavy atom. The Morgan fingerprint density at radius 3 is 1.88 bits per heavy atom. The Bertz CT molecular complexity index is 1830. The Hall–Kier alpha value is -4.88. The van der Waals surface area contributed by atoms with Crippen LogP contribution in [0.4, 0.5) is 22.7 Å². The molecule has 0 radical (unpaired) electrons. The van der Waals surface area contributed by atoms with Gasteiger partial charge in [0.05, 0.1) is 22.6 Å². The number of ether oxygens (including phenoxy) is 1. The quantitative estimate of drug-likeness (QED) is 0.221. The van der Waals surface area contributed by atoms with E-state index in [1.54, 1.807) is 30.3 Å². The first kappa shape index (κ1) is 31.1. The van der Waals surface area contributed by atoms with Gasteiger partial charge in [-0.3, -0.25) is 18.6 Å². The lowest BCUT2D eigenvalue weighted by Gasteiger charge is -2.24. The summed E-state index contributed by atoms with van der Waals surface area (Å²) in [6.45, 7) is 2.60. The summed E-state index contributed by atoms with van der Waals surface area (Å²) in [5, 5.41) is 5.20. The van der Waals surface area contributed by atoms with Gasteiger partial charge in [0.1, 0.15) is 12.3 Å². The Balaban J connectivity index is 1.54. The second-order valence-corrected chi connectivity index (χ2v) is 13.0. The van der Waals surface area contributed by atoms with E-state index in [1.165, 1.54) is 74.7 Å². The highest BCUT2D eigenvalue weighted by Crippen LogP contribution is 2.27. The lowest BCUT2D eigenvalue weighted by atomic mass is 10.2. The molecule has 11 nitrogen and oxygen atoms in total. The minimum Gasteiger partial charge on any atom is -0.497 e. The van der Waals surface area contributed by atoms with Crippen LogP contribution in [0.15, 0.2) is 107 Å². The average Bonchev–Trinajstić information content (AvgIpc) is 2.96. The van der Waals surface area contributed by atoms with Crippen molar-refractivity contribution in [3.63, 3.8) is 0 Å². The van der Waals surface area contributed by atoms with E-state index < -0.39 is 32.5 Å². The molecule has 0 aliphatic carbocycles. The molecule has 2 amide bonds. The monoisotopic (exact) mass is 622 g/mol. The molecule has 0 aliphatic heterocycles. The summed E-state index contributed by atoms with van der Waals surface area (Å²) in [7, 11) is -6.64. The molecule has 0 unspecified atom stereocenters. The summed E-state index contributed by atoms with van der Waals surface area (Å²) in [4.78, 5) is 24.3. The SMILES string of the molecule is COc1ccc(N(CC(=O)Nc2ccc(S(=O)(=O)Nc3cccc(C)c3)cc2)S(=O)(=O)c2ccc(NC(C)=O)cc2)cc1. The van der Waals surface area contributed by atoms with Crippen molar-refractivity contribution in [1.82, 2.24) is 0 Å². The fourth-order valence-electron chi connectivity index (χ4n) is 4.08. The van der Waals surface area contributed by atoms with Crippen LogP contribution in [0.5, 0.6) is 5.75 Å². The maximum absolute atomic E-state index is 13.7. The summed E-state index contributed by atoms with van der Waals surface area (Å²) in [6.07, 6.45) is 0. The molecule has 4 rings (SSSR count). The zero-order valence-corrected chi connectivity index (χ0v) is 25.2. The first-order valence-corrected chi connectivity index (χ1v) is 15.8. The summed E-state index contributed by atoms with van der Waals surface area (Å²) in [5.74, 6) is -0.472. The zero-order chi connectivity index (χ0) is 31.2. The van der Waals surface area contributed by atoms with Crippen molar-refractivity contribution in [2.24, 2.45) is 0 Å². The molecule has 43 heavy (non-hydrogen) atoms. The van der Waals surface area contributed by atoms with E-state index >= 15 is 0 Å². The normalized spacial score (nSPS) is 11.3. The van der Waals surface area contributed by atoms with E-state index in [9.17, 15) is 26.4 Å². The number of anilines is 4. The number of amides is 2. The molecule has 13 heteroatoms. The number of nitrogens with zero attached hydrogens (tertiary/aromatic N) is 1. The summed E-state index contributed by atoms with van der Waals surface area (Å²) in [6, 6.07) is 24.1. The smallest absolute Gasteiger partial charge is 0.264 e. The number of rotatable bonds is 11. The predicted octanol–water partition coefficient (Wildman–Crippen LogP) is 4.60. The predicted molar refractivity (Wildman–Crippen MR) is 165 cm³/mol. The van der Waals surface area contributed by atoms with Gasteiger partial charge in [0.25, 0.3) is 20.0 Å². The molecule has 0 heterocycles. The number of methoxy groups -OCH3 is 1. The first-order chi connectivity index (χ1) is 20.4. The van der Waals surface area contributed by atoms with E-state index in [1.807, 2.05) is 13.0 Å². The fraction of sp³-hybridized carbons (Fsp3) is 0.133. The van der Waals surface area contributed by atoms with Gasteiger partial charge in [-0.1, -0.05) is 12.1 Å². The topological polar surface area (TPSA) is 151 Å². The molecule has 0 aliphatic rings. The number of nitrogens with one attached hydrogen (secondary N) is 3. The number of aryl methyl sites for hydroxylation is 1. The third-order valence-corrected chi connectivity index (χ3v) is 9.31. The van der Waals surface area contributed by atoms with Gasteiger partial charge in [-0.2, -0.15) is 0 Å². The molecular weight excluding hydrogens is 592 g/mol. The van der Waals surface area contributed by atoms with Gasteiger partial charge in [0.2, 0.25) is 11.8 Å². The van der Waals surface area contributed by atoms with Crippen molar-refractivity contribution >= 4 is 54.6 Å². The van der Waals surface area contributed by atoms with Crippen LogP contribution in [0.3, 0.4) is 0 Å². The lowest BCUT2D eigenvalue weighted by molar-refractivity contribution is -0.115. The molecular formula is C30H30N4O7S2. The largest absolute Gasteiger partial charge is 0.497 e. The first-order valence-electron chi connectivity index (χ1n) is 12.9. The second-order valence-electron chi connectivity index (χ2n) is 9.46. The minimum absolute atomic E-state index is 0.0165. The molecule has 0 atom stereocenters. The molecule has 0 saturated heterocycles. The van der Waals surface area contributed by atoms with Crippen molar-refractivity contribution in [2.75, 3.05) is 33.3 Å². The summed E-state index contributed by atoms with van der Waals surface area (Å²) >= 11 is 0. The van der Waals surface area contributed by atoms with Crippen LogP contribution >= 0.6 is 0 Å². The number of carbonyl (C=O) groups excluding carboxylic acids is 2. The number of benzene rings is 4. The van der Waals surface area contributed by atoms with E-state index in [-0.39, 0.29) is 27.1 Å². The van der Waals surface area contributed by atoms with Gasteiger partial charge in [-0.15, -0.1) is 0 Å². The molecule has 0 bridgehead atoms. The lowest BCUT2D eigenvalue weighted by Crippen LogP contribution is -2.38. The Kier molecular flexibility index (Phi) is 9.37. The van der Waals surface area contributed by atoms with Gasteiger partial charge in [0.15, 0.2) is 0 Å². The third-order valence-electron chi connectivity index (χ3n) is 6.13. The fourth-order valence-corrected chi connectivity index (χ4v) is 6.55. The standard InChI is InChI=1S/C30H30N4O7S2/c1-21-5-4-6-25(19-21)33-42(37,38)28-15-7-24(8-16-28)32-30(36)20-34(26-11-13-27(41-3)14-12-26)43(39,40)29-17-9-23(10-18-29)31-22(2)35/h4-19,33H,20H2,1-3H3,(H,31,35)(H,32,36). The number of hydrogen-bond acceptors (Lipinski definition) is 7. The van der Waals surface area contributed by atoms with Gasteiger partial charge in [-0.05, 0) is 97.4 Å². The van der Waals surface area contributed by atoms with Gasteiger partial charge in [-0.25, -0.2) is 16.8 Å². The highest BCUT2D eigenvalue weighted by atomic mass is 32.2. The second kappa shape index (κ2) is 13.0. The van der Waals surface area contributed by atoms with E-state index in [0.717, 1.165) is 9.87 Å². The van der Waals surface area contributed by atoms with Crippen molar-refractivity contribution in [1.29, 1.82) is 0 Å². The van der Waals surface area contributed by atoms with Crippen LogP contribution in [0.1, 0.15) is 12.5 Å². The highest BCUT2D eigenvalue weighted by Gasteiger charge is 2.27. The maximum Gasteiger partial charge on any atom is 0.264 e. The Morgan fingerprint density at radius 2 is 1.33 bits per heavy atom. The van der Waals surface area contributed by atoms with E-state index in [0.29, 0.717) is 17.1 Å². The number of carbonyl (C=O) groups is 2. The average molecular weight is 623 g/mol. The van der Waals surface area contributed by atoms with Crippen molar-refractivity contribution in [2.45, 2.75) is 23.6 Å². The molecule has 0 saturated carbocycles. The van der Waals surface area contributed by atoms with Crippen LogP contribution in [-0.4, -0.2) is 42.3 Å². The van der Waals surface area contributed by atoms with Crippen molar-refractivity contribution < 1.29 is 31.2 Å². The molecule has 224 valence electrons. The highest BCUT2D eigenvalue weighted by molar-refractivity contribution is 7.93. The maximum atomic E-state index is 13.7. The third kappa shape index (κ3) is 7.90. The Labute approximate surface area is 250 Å². The molecule has 3 N–H and O–H groups in total. The van der Waals surface area contributed by atoms with Gasteiger partial charge in [0, 0.05) is 24.0 Å². The molecule has 4 aromatic carbocycles. The van der Waals surface area contributed by atoms with E-state index in [4.69, 9.17) is 4.74 Å². The summed E-state index contributed by atoms with van der Waals surface area (Å²) in [5.41, 5.74) is 2.21. The summed E-state index contributed by atoms with van der Waals surface area (Å²) < 4.78 is 61.6. The van der Waals surface area contributed by atoms with Crippen LogP contribution in [0, 0.1) is 6.92 Å². The molecule has 4 aromatic rings. The molecule has 0 fully saturated rings. The number of sulfonamides is 2. The van der Waals surface area contributed by atoms with Crippen LogP contribution in [0.25, 0.3) is 0 Å². The van der Waals surface area contributed by atoms with Crippen molar-refractivity contribution in [3.8, 4) is 5.75 Å². The zero-order valence-electron chi connectivity index (χ0n) is 23.6. The van der Waals surface area contributed by atoms with Crippen LogP contribution in [-0.2, 0) is 29.6 Å². The van der Waals surface area contributed by atoms with Crippen LogP contribution < -0.4 is 24.4 Å². The minimum atomic E-state index is -4.23. The van der Waals surface area contributed by atoms with Gasteiger partial charge >= 0.3 is 0 Å².